The summed E-state index contributed by atoms with van der Waals surface area (Å²) in [5.74, 6) is -5.85. The van der Waals surface area contributed by atoms with Gasteiger partial charge in [0.15, 0.2) is 17.2 Å². The van der Waals surface area contributed by atoms with E-state index >= 15 is 0 Å². The zero-order valence-electron chi connectivity index (χ0n) is 36.5. The second-order valence-corrected chi connectivity index (χ2v) is 19.5. The molecule has 8 N–H and O–H groups in total. The third-order valence-electron chi connectivity index (χ3n) is 11.5. The average molecular weight is 992 g/mol. The third kappa shape index (κ3) is 11.0. The highest BCUT2D eigenvalue weighted by atomic mass is 35.5. The number of piperidine rings is 2. The number of carboxylic acids is 2. The number of nitrogens with two attached hydrogens (primary N) is 1. The number of aliphatic carboxylic acids is 1. The molecule has 1 unspecified atom stereocenters. The van der Waals surface area contributed by atoms with Crippen LogP contribution in [0, 0.1) is 0 Å². The Morgan fingerprint density at radius 1 is 1.00 bits per heavy atom. The lowest BCUT2D eigenvalue weighted by molar-refractivity contribution is -0.139. The highest BCUT2D eigenvalue weighted by Gasteiger charge is 2.45. The van der Waals surface area contributed by atoms with Crippen LogP contribution in [0.5, 0.6) is 5.75 Å². The number of rotatable bonds is 19. The van der Waals surface area contributed by atoms with E-state index in [1.54, 1.807) is 48.5 Å². The van der Waals surface area contributed by atoms with Gasteiger partial charge in [0.1, 0.15) is 11.1 Å². The van der Waals surface area contributed by atoms with E-state index in [-0.39, 0.29) is 89.9 Å². The number of fused-ring (bicyclic) bond motifs is 1. The van der Waals surface area contributed by atoms with Crippen molar-refractivity contribution in [3.63, 3.8) is 0 Å². The summed E-state index contributed by atoms with van der Waals surface area (Å²) in [6.07, 6.45) is 2.65. The number of imide groups is 2. The first-order chi connectivity index (χ1) is 32.4. The summed E-state index contributed by atoms with van der Waals surface area (Å²) in [5.41, 5.74) is 9.35. The van der Waals surface area contributed by atoms with Gasteiger partial charge in [0.05, 0.1) is 28.3 Å². The van der Waals surface area contributed by atoms with Crippen molar-refractivity contribution in [3.05, 3.63) is 105 Å². The number of hydrogen-bond donors (Lipinski definition) is 7. The Morgan fingerprint density at radius 3 is 2.46 bits per heavy atom. The molecule has 4 aromatic rings. The second-order valence-electron chi connectivity index (χ2n) is 16.1. The molecule has 3 aliphatic rings. The first kappa shape index (κ1) is 48.9. The zero-order valence-corrected chi connectivity index (χ0v) is 38.8. The number of carboxylic acid groups (broad SMARTS) is 2. The summed E-state index contributed by atoms with van der Waals surface area (Å²) in [5, 5.41) is 29.7. The number of anilines is 3. The minimum atomic E-state index is -3.73. The number of carbonyl (C=O) groups is 7. The fourth-order valence-electron chi connectivity index (χ4n) is 8.13. The smallest absolute Gasteiger partial charge is 0.349 e. The van der Waals surface area contributed by atoms with E-state index in [1.165, 1.54) is 16.6 Å². The summed E-state index contributed by atoms with van der Waals surface area (Å²) < 4.78 is 33.9. The predicted octanol–water partition coefficient (Wildman–Crippen LogP) is 3.89. The highest BCUT2D eigenvalue weighted by molar-refractivity contribution is 7.88. The van der Waals surface area contributed by atoms with Crippen LogP contribution in [0.2, 0.25) is 5.02 Å². The number of thiophene rings is 1. The summed E-state index contributed by atoms with van der Waals surface area (Å²) in [4.78, 5) is 89.4. The summed E-state index contributed by atoms with van der Waals surface area (Å²) in [6, 6.07) is 17.4. The van der Waals surface area contributed by atoms with Crippen molar-refractivity contribution in [2.45, 2.75) is 49.9 Å². The monoisotopic (exact) mass is 990 g/mol. The predicted molar refractivity (Wildman–Crippen MR) is 252 cm³/mol. The molecule has 0 radical (unpaired) electrons. The van der Waals surface area contributed by atoms with Crippen LogP contribution in [0.15, 0.2) is 78.6 Å². The lowest BCUT2D eigenvalue weighted by Gasteiger charge is -2.37. The van der Waals surface area contributed by atoms with Crippen LogP contribution >= 0.6 is 22.9 Å². The molecule has 7 rings (SSSR count). The molecule has 23 heteroatoms. The molecule has 0 aliphatic carbocycles. The topological polar surface area (TPSA) is 287 Å². The Morgan fingerprint density at radius 2 is 1.74 bits per heavy atom. The molecule has 1 aromatic heterocycles. The van der Waals surface area contributed by atoms with Gasteiger partial charge in [-0.25, -0.2) is 22.3 Å². The van der Waals surface area contributed by atoms with Crippen LogP contribution < -0.4 is 36.6 Å². The van der Waals surface area contributed by atoms with E-state index in [0.29, 0.717) is 45.9 Å². The van der Waals surface area contributed by atoms with E-state index < -0.39 is 58.2 Å². The SMILES string of the molecule is CN(c1cccc(-c2sc(C(=O)O)c(OCC(=O)O)c2Cl)c1)C1CCN(S(=O)(=O)Cc2cccc(NC(=O)CCN/C=C(\N)CNc3cccc4c3C(=O)N(C3CCC(=O)NC3=O)C4=O)c2)CC1. The molecule has 0 bridgehead atoms. The van der Waals surface area contributed by atoms with Gasteiger partial charge in [-0.3, -0.25) is 34.2 Å². The maximum atomic E-state index is 13.6. The summed E-state index contributed by atoms with van der Waals surface area (Å²) in [7, 11) is -1.84. The second kappa shape index (κ2) is 20.9. The fourth-order valence-corrected chi connectivity index (χ4v) is 11.1. The van der Waals surface area contributed by atoms with E-state index in [9.17, 15) is 47.1 Å². The maximum Gasteiger partial charge on any atom is 0.349 e. The van der Waals surface area contributed by atoms with Gasteiger partial charge in [0.2, 0.25) is 27.7 Å². The first-order valence-electron chi connectivity index (χ1n) is 21.3. The average Bonchev–Trinajstić information content (AvgIpc) is 3.77. The lowest BCUT2D eigenvalue weighted by atomic mass is 10.0. The molecule has 358 valence electrons. The normalized spacial score (nSPS) is 16.8. The molecule has 0 spiro atoms. The number of hydrogen-bond acceptors (Lipinski definition) is 15. The molecule has 3 aliphatic heterocycles. The third-order valence-corrected chi connectivity index (χ3v) is 15.0. The molecule has 68 heavy (non-hydrogen) atoms. The minimum absolute atomic E-state index is 0.00449. The fraction of sp³-hybridized carbons (Fsp3) is 0.311. The number of halogens is 1. The van der Waals surface area contributed by atoms with Crippen LogP contribution in [-0.2, 0) is 35.0 Å². The summed E-state index contributed by atoms with van der Waals surface area (Å²) >= 11 is 7.39. The lowest BCUT2D eigenvalue weighted by Crippen LogP contribution is -2.54. The van der Waals surface area contributed by atoms with Gasteiger partial charge in [0.25, 0.3) is 11.8 Å². The van der Waals surface area contributed by atoms with Gasteiger partial charge >= 0.3 is 11.9 Å². The minimum Gasteiger partial charge on any atom is -0.479 e. The molecule has 2 saturated heterocycles. The van der Waals surface area contributed by atoms with Gasteiger partial charge in [-0.1, -0.05) is 41.9 Å². The van der Waals surface area contributed by atoms with Crippen LogP contribution in [0.4, 0.5) is 17.1 Å². The maximum absolute atomic E-state index is 13.6. The standard InChI is InChI=1S/C45H47ClN8O12S2/c1-52(30-8-3-6-26(20-30)40-38(46)39(66-23-36(57)58)41(67-40)45(62)63)29-14-17-53(18-15-29)68(64,65)24-25-5-2-7-28(19-25)50-35(56)13-16-48-21-27(47)22-49-32-10-4-9-31-37(32)44(61)54(43(31)60)33-11-12-34(55)51-42(33)59/h2-10,19-21,29,33,48-49H,11-18,22-24,47H2,1H3,(H,50,56)(H,57,58)(H,62,63)(H,51,55,59)/b27-21-. The Bertz CT molecular complexity index is 2830. The number of nitrogens with zero attached hydrogens (tertiary/aromatic N) is 3. The van der Waals surface area contributed by atoms with E-state index in [2.05, 4.69) is 21.3 Å². The number of aromatic carboxylic acids is 1. The molecule has 3 aromatic carbocycles. The number of nitrogens with one attached hydrogen (secondary N) is 4. The highest BCUT2D eigenvalue weighted by Crippen LogP contribution is 2.46. The number of sulfonamides is 1. The van der Waals surface area contributed by atoms with Gasteiger partial charge in [0, 0.05) is 74.5 Å². The molecular formula is C45H47ClN8O12S2. The van der Waals surface area contributed by atoms with Crippen molar-refractivity contribution in [2.75, 3.05) is 55.4 Å². The van der Waals surface area contributed by atoms with Gasteiger partial charge in [-0.2, -0.15) is 0 Å². The van der Waals surface area contributed by atoms with E-state index in [1.807, 2.05) is 24.1 Å². The Kier molecular flexibility index (Phi) is 15.0. The number of amides is 5. The zero-order chi connectivity index (χ0) is 48.9. The van der Waals surface area contributed by atoms with Crippen molar-refractivity contribution < 1.29 is 56.9 Å². The molecule has 20 nitrogen and oxygen atoms in total. The largest absolute Gasteiger partial charge is 0.479 e. The van der Waals surface area contributed by atoms with Crippen LogP contribution in [-0.4, -0.2) is 121 Å². The molecule has 0 saturated carbocycles. The number of carbonyl (C=O) groups excluding carboxylic acids is 5. The Balaban J connectivity index is 0.862. The van der Waals surface area contributed by atoms with Gasteiger partial charge in [-0.05, 0) is 66.8 Å². The van der Waals surface area contributed by atoms with Gasteiger partial charge < -0.3 is 41.5 Å². The molecule has 4 heterocycles. The van der Waals surface area contributed by atoms with E-state index in [4.69, 9.17) is 27.2 Å². The molecule has 2 fully saturated rings. The number of benzene rings is 3. The van der Waals surface area contributed by atoms with Crippen LogP contribution in [0.25, 0.3) is 10.4 Å². The van der Waals surface area contributed by atoms with Crippen molar-refractivity contribution >= 4 is 91.5 Å². The van der Waals surface area contributed by atoms with Gasteiger partial charge in [-0.15, -0.1) is 11.3 Å². The van der Waals surface area contributed by atoms with Crippen molar-refractivity contribution in [1.82, 2.24) is 19.8 Å². The molecule has 1 atom stereocenters. The van der Waals surface area contributed by atoms with Crippen LogP contribution in [0.3, 0.4) is 0 Å². The first-order valence-corrected chi connectivity index (χ1v) is 24.1. The van der Waals surface area contributed by atoms with Crippen LogP contribution in [0.1, 0.15) is 68.1 Å². The Hall–Kier alpha value is -7.01. The van der Waals surface area contributed by atoms with E-state index in [0.717, 1.165) is 21.9 Å². The molecule has 5 amide bonds. The quantitative estimate of drug-likeness (QED) is 0.0518. The Labute approximate surface area is 399 Å². The van der Waals surface area contributed by atoms with Crippen molar-refractivity contribution in [1.29, 1.82) is 0 Å². The van der Waals surface area contributed by atoms with Crippen molar-refractivity contribution in [3.8, 4) is 16.2 Å². The number of ether oxygens (including phenoxy) is 1. The molecular weight excluding hydrogens is 944 g/mol. The van der Waals surface area contributed by atoms with Crippen molar-refractivity contribution in [2.24, 2.45) is 5.73 Å². The summed E-state index contributed by atoms with van der Waals surface area (Å²) in [6.45, 7) is 0.0678.